The average Bonchev–Trinajstić information content (AvgIpc) is 2.89. The van der Waals surface area contributed by atoms with E-state index >= 15 is 0 Å². The number of methoxy groups -OCH3 is 1. The summed E-state index contributed by atoms with van der Waals surface area (Å²) in [5, 5.41) is 0. The lowest BCUT2D eigenvalue weighted by atomic mass is 10.3. The molecule has 5 nitrogen and oxygen atoms in total. The molecular formula is C13H20N2O3S. The van der Waals surface area contributed by atoms with Gasteiger partial charge in [0.1, 0.15) is 10.6 Å². The van der Waals surface area contributed by atoms with Gasteiger partial charge in [0.25, 0.3) is 0 Å². The van der Waals surface area contributed by atoms with Crippen LogP contribution < -0.4 is 10.5 Å². The molecule has 6 heteroatoms. The van der Waals surface area contributed by atoms with E-state index in [1.807, 2.05) is 0 Å². The number of anilines is 1. The molecule has 0 aromatic heterocycles. The molecule has 0 saturated carbocycles. The van der Waals surface area contributed by atoms with Crippen molar-refractivity contribution in [2.24, 2.45) is 0 Å². The van der Waals surface area contributed by atoms with Crippen molar-refractivity contribution in [2.75, 3.05) is 38.2 Å². The normalized spacial score (nSPS) is 16.7. The Labute approximate surface area is 114 Å². The van der Waals surface area contributed by atoms with Gasteiger partial charge in [0.2, 0.25) is 0 Å². The first-order valence-electron chi connectivity index (χ1n) is 6.41. The molecule has 1 aliphatic rings. The minimum atomic E-state index is -3.33. The fourth-order valence-corrected chi connectivity index (χ4v) is 3.75. The van der Waals surface area contributed by atoms with E-state index in [0.29, 0.717) is 18.0 Å². The van der Waals surface area contributed by atoms with Gasteiger partial charge in [-0.2, -0.15) is 0 Å². The third-order valence-electron chi connectivity index (χ3n) is 3.40. The number of likely N-dealkylation sites (tertiary alicyclic amines) is 1. The van der Waals surface area contributed by atoms with Crippen LogP contribution in [0.4, 0.5) is 5.69 Å². The monoisotopic (exact) mass is 284 g/mol. The topological polar surface area (TPSA) is 72.6 Å². The molecule has 1 aromatic rings. The Morgan fingerprint density at radius 2 is 2.00 bits per heavy atom. The number of rotatable bonds is 5. The van der Waals surface area contributed by atoms with Gasteiger partial charge in [-0.05, 0) is 38.1 Å². The standard InChI is InChI=1S/C13H20N2O3S/c1-18-12-10-11(14)4-5-13(12)19(16,17)9-8-15-6-2-3-7-15/h4-5,10H,2-3,6-9,14H2,1H3. The van der Waals surface area contributed by atoms with Crippen molar-refractivity contribution in [3.63, 3.8) is 0 Å². The van der Waals surface area contributed by atoms with Gasteiger partial charge in [0.05, 0.1) is 12.9 Å². The van der Waals surface area contributed by atoms with Gasteiger partial charge in [-0.1, -0.05) is 0 Å². The van der Waals surface area contributed by atoms with Crippen LogP contribution in [-0.2, 0) is 9.84 Å². The van der Waals surface area contributed by atoms with Crippen molar-refractivity contribution in [3.8, 4) is 5.75 Å². The molecule has 2 N–H and O–H groups in total. The summed E-state index contributed by atoms with van der Waals surface area (Å²) in [6, 6.07) is 4.65. The van der Waals surface area contributed by atoms with Gasteiger partial charge in [0, 0.05) is 18.3 Å². The van der Waals surface area contributed by atoms with Crippen molar-refractivity contribution in [3.05, 3.63) is 18.2 Å². The van der Waals surface area contributed by atoms with E-state index < -0.39 is 9.84 Å². The molecule has 0 radical (unpaired) electrons. The molecule has 106 valence electrons. The predicted molar refractivity (Wildman–Crippen MR) is 75.1 cm³/mol. The summed E-state index contributed by atoms with van der Waals surface area (Å²) in [5.41, 5.74) is 6.13. The summed E-state index contributed by atoms with van der Waals surface area (Å²) in [7, 11) is -1.88. The van der Waals surface area contributed by atoms with Crippen LogP contribution in [0.25, 0.3) is 0 Å². The lowest BCUT2D eigenvalue weighted by Gasteiger charge is -2.15. The number of hydrogen-bond donors (Lipinski definition) is 1. The second-order valence-electron chi connectivity index (χ2n) is 4.78. The highest BCUT2D eigenvalue weighted by molar-refractivity contribution is 7.91. The molecule has 1 fully saturated rings. The zero-order valence-corrected chi connectivity index (χ0v) is 11.9. The molecule has 1 aromatic carbocycles. The molecule has 0 atom stereocenters. The summed E-state index contributed by atoms with van der Waals surface area (Å²) in [5.74, 6) is 0.439. The Morgan fingerprint density at radius 1 is 1.32 bits per heavy atom. The number of nitrogen functional groups attached to an aromatic ring is 1. The van der Waals surface area contributed by atoms with E-state index in [9.17, 15) is 8.42 Å². The molecule has 1 heterocycles. The van der Waals surface area contributed by atoms with Crippen molar-refractivity contribution >= 4 is 15.5 Å². The lowest BCUT2D eigenvalue weighted by molar-refractivity contribution is 0.358. The summed E-state index contributed by atoms with van der Waals surface area (Å²) in [6.45, 7) is 2.57. The van der Waals surface area contributed by atoms with E-state index in [4.69, 9.17) is 10.5 Å². The van der Waals surface area contributed by atoms with Gasteiger partial charge in [0.15, 0.2) is 9.84 Å². The molecular weight excluding hydrogens is 264 g/mol. The molecule has 0 unspecified atom stereocenters. The Hall–Kier alpha value is -1.27. The zero-order chi connectivity index (χ0) is 13.9. The number of ether oxygens (including phenoxy) is 1. The summed E-state index contributed by atoms with van der Waals surface area (Å²) >= 11 is 0. The Balaban J connectivity index is 2.14. The van der Waals surface area contributed by atoms with Gasteiger partial charge in [-0.25, -0.2) is 8.42 Å². The first-order valence-corrected chi connectivity index (χ1v) is 8.07. The van der Waals surface area contributed by atoms with Gasteiger partial charge >= 0.3 is 0 Å². The van der Waals surface area contributed by atoms with Crippen LogP contribution in [0, 0.1) is 0 Å². The van der Waals surface area contributed by atoms with Crippen LogP contribution in [0.5, 0.6) is 5.75 Å². The Morgan fingerprint density at radius 3 is 2.63 bits per heavy atom. The highest BCUT2D eigenvalue weighted by atomic mass is 32.2. The highest BCUT2D eigenvalue weighted by Crippen LogP contribution is 2.27. The molecule has 2 rings (SSSR count). The van der Waals surface area contributed by atoms with Crippen LogP contribution >= 0.6 is 0 Å². The smallest absolute Gasteiger partial charge is 0.183 e. The average molecular weight is 284 g/mol. The molecule has 1 aliphatic heterocycles. The minimum Gasteiger partial charge on any atom is -0.495 e. The van der Waals surface area contributed by atoms with Gasteiger partial charge in [-0.3, -0.25) is 0 Å². The first-order chi connectivity index (χ1) is 9.03. The number of hydrogen-bond acceptors (Lipinski definition) is 5. The van der Waals surface area contributed by atoms with E-state index in [0.717, 1.165) is 25.9 Å². The van der Waals surface area contributed by atoms with Crippen molar-refractivity contribution < 1.29 is 13.2 Å². The summed E-state index contributed by atoms with van der Waals surface area (Å²) < 4.78 is 29.8. The Kier molecular flexibility index (Phi) is 4.31. The predicted octanol–water partition coefficient (Wildman–Crippen LogP) is 1.15. The third-order valence-corrected chi connectivity index (χ3v) is 5.13. The van der Waals surface area contributed by atoms with Crippen LogP contribution in [0.3, 0.4) is 0 Å². The van der Waals surface area contributed by atoms with E-state index in [1.54, 1.807) is 12.1 Å². The molecule has 0 aliphatic carbocycles. The van der Waals surface area contributed by atoms with Crippen LogP contribution in [0.2, 0.25) is 0 Å². The van der Waals surface area contributed by atoms with E-state index in [1.165, 1.54) is 13.2 Å². The number of nitrogens with two attached hydrogens (primary N) is 1. The van der Waals surface area contributed by atoms with Crippen molar-refractivity contribution in [1.29, 1.82) is 0 Å². The van der Waals surface area contributed by atoms with Crippen LogP contribution in [0.15, 0.2) is 23.1 Å². The second-order valence-corrected chi connectivity index (χ2v) is 6.86. The minimum absolute atomic E-state index is 0.118. The molecule has 0 spiro atoms. The summed E-state index contributed by atoms with van der Waals surface area (Å²) in [6.07, 6.45) is 2.32. The largest absolute Gasteiger partial charge is 0.495 e. The molecule has 0 amide bonds. The third kappa shape index (κ3) is 3.39. The quantitative estimate of drug-likeness (QED) is 0.821. The number of nitrogens with zero attached hydrogens (tertiary/aromatic N) is 1. The number of benzene rings is 1. The second kappa shape index (κ2) is 5.79. The lowest BCUT2D eigenvalue weighted by Crippen LogP contribution is -2.26. The number of sulfone groups is 1. The van der Waals surface area contributed by atoms with Crippen LogP contribution in [0.1, 0.15) is 12.8 Å². The Bertz CT molecular complexity index is 537. The van der Waals surface area contributed by atoms with Crippen LogP contribution in [-0.4, -0.2) is 45.8 Å². The highest BCUT2D eigenvalue weighted by Gasteiger charge is 2.22. The van der Waals surface area contributed by atoms with Gasteiger partial charge < -0.3 is 15.4 Å². The fraction of sp³-hybridized carbons (Fsp3) is 0.538. The van der Waals surface area contributed by atoms with E-state index in [2.05, 4.69) is 4.90 Å². The maximum atomic E-state index is 12.3. The fourth-order valence-electron chi connectivity index (χ4n) is 2.31. The first kappa shape index (κ1) is 14.1. The van der Waals surface area contributed by atoms with Crippen molar-refractivity contribution in [2.45, 2.75) is 17.7 Å². The van der Waals surface area contributed by atoms with Crippen molar-refractivity contribution in [1.82, 2.24) is 4.90 Å². The molecule has 0 bridgehead atoms. The molecule has 1 saturated heterocycles. The summed E-state index contributed by atoms with van der Waals surface area (Å²) in [4.78, 5) is 2.41. The maximum Gasteiger partial charge on any atom is 0.183 e. The SMILES string of the molecule is COc1cc(N)ccc1S(=O)(=O)CCN1CCCC1. The zero-order valence-electron chi connectivity index (χ0n) is 11.1. The van der Waals surface area contributed by atoms with E-state index in [-0.39, 0.29) is 10.6 Å². The molecule has 19 heavy (non-hydrogen) atoms. The van der Waals surface area contributed by atoms with Gasteiger partial charge in [-0.15, -0.1) is 0 Å². The maximum absolute atomic E-state index is 12.3.